The third kappa shape index (κ3) is 2.45. The Morgan fingerprint density at radius 3 is 3.20 bits per heavy atom. The van der Waals surface area contributed by atoms with E-state index in [1.807, 2.05) is 0 Å². The summed E-state index contributed by atoms with van der Waals surface area (Å²) in [6.07, 6.45) is 3.46. The van der Waals surface area contributed by atoms with Gasteiger partial charge in [-0.25, -0.2) is 14.2 Å². The standard InChI is InChI=1S/C10H9N7O2S/c1-19-9(18)6-17-10(13-14-15-17)20-8-3-5-16-7(12-8)2-4-11-16/h2-5H,6H2,1H3. The zero-order chi connectivity index (χ0) is 13.9. The van der Waals surface area contributed by atoms with Gasteiger partial charge in [-0.2, -0.15) is 5.10 Å². The largest absolute Gasteiger partial charge is 0.468 e. The summed E-state index contributed by atoms with van der Waals surface area (Å²) < 4.78 is 7.60. The molecule has 0 atom stereocenters. The second-order valence-corrected chi connectivity index (χ2v) is 4.68. The van der Waals surface area contributed by atoms with Crippen LogP contribution in [0.2, 0.25) is 0 Å². The highest BCUT2D eigenvalue weighted by molar-refractivity contribution is 7.99. The monoisotopic (exact) mass is 291 g/mol. The fourth-order valence-electron chi connectivity index (χ4n) is 1.50. The zero-order valence-electron chi connectivity index (χ0n) is 10.4. The zero-order valence-corrected chi connectivity index (χ0v) is 11.2. The number of methoxy groups -OCH3 is 1. The molecule has 3 aromatic rings. The third-order valence-corrected chi connectivity index (χ3v) is 3.35. The molecular formula is C10H9N7O2S. The fraction of sp³-hybridized carbons (Fsp3) is 0.200. The first kappa shape index (κ1) is 12.5. The maximum absolute atomic E-state index is 11.2. The number of aromatic nitrogens is 7. The van der Waals surface area contributed by atoms with E-state index < -0.39 is 5.97 Å². The minimum absolute atomic E-state index is 0.0409. The van der Waals surface area contributed by atoms with Gasteiger partial charge < -0.3 is 4.74 Å². The number of fused-ring (bicyclic) bond motifs is 1. The van der Waals surface area contributed by atoms with Gasteiger partial charge in [-0.1, -0.05) is 0 Å². The number of ether oxygens (including phenoxy) is 1. The molecule has 0 aromatic carbocycles. The number of rotatable bonds is 4. The van der Waals surface area contributed by atoms with E-state index in [-0.39, 0.29) is 6.54 Å². The first-order valence-electron chi connectivity index (χ1n) is 5.57. The van der Waals surface area contributed by atoms with Crippen molar-refractivity contribution in [1.29, 1.82) is 0 Å². The van der Waals surface area contributed by atoms with Gasteiger partial charge in [0.05, 0.1) is 13.3 Å². The van der Waals surface area contributed by atoms with Crippen LogP contribution >= 0.6 is 11.8 Å². The van der Waals surface area contributed by atoms with E-state index in [1.165, 1.54) is 23.6 Å². The molecule has 0 saturated heterocycles. The van der Waals surface area contributed by atoms with Crippen molar-refractivity contribution in [2.24, 2.45) is 0 Å². The molecule has 3 aromatic heterocycles. The molecule has 0 fully saturated rings. The van der Waals surface area contributed by atoms with Gasteiger partial charge in [0.2, 0.25) is 5.16 Å². The van der Waals surface area contributed by atoms with Crippen LogP contribution < -0.4 is 0 Å². The van der Waals surface area contributed by atoms with Crippen molar-refractivity contribution in [3.05, 3.63) is 24.5 Å². The molecule has 0 unspecified atom stereocenters. The topological polar surface area (TPSA) is 100 Å². The molecule has 3 heterocycles. The Morgan fingerprint density at radius 1 is 1.45 bits per heavy atom. The number of carbonyl (C=O) groups excluding carboxylic acids is 1. The third-order valence-electron chi connectivity index (χ3n) is 2.43. The van der Waals surface area contributed by atoms with E-state index in [9.17, 15) is 4.79 Å². The van der Waals surface area contributed by atoms with E-state index >= 15 is 0 Å². The van der Waals surface area contributed by atoms with Crippen LogP contribution in [0, 0.1) is 0 Å². The van der Waals surface area contributed by atoms with Crippen molar-refractivity contribution in [3.63, 3.8) is 0 Å². The molecule has 0 spiro atoms. The molecule has 0 radical (unpaired) electrons. The molecule has 10 heteroatoms. The van der Waals surface area contributed by atoms with E-state index in [4.69, 9.17) is 0 Å². The Bertz CT molecular complexity index is 753. The fourth-order valence-corrected chi connectivity index (χ4v) is 2.24. The lowest BCUT2D eigenvalue weighted by atomic mass is 10.6. The van der Waals surface area contributed by atoms with E-state index in [0.29, 0.717) is 10.2 Å². The summed E-state index contributed by atoms with van der Waals surface area (Å²) in [5.74, 6) is -0.418. The quantitative estimate of drug-likeness (QED) is 0.490. The highest BCUT2D eigenvalue weighted by atomic mass is 32.2. The Kier molecular flexibility index (Phi) is 3.29. The van der Waals surface area contributed by atoms with Crippen molar-refractivity contribution < 1.29 is 9.53 Å². The van der Waals surface area contributed by atoms with Gasteiger partial charge in [-0.3, -0.25) is 4.79 Å². The molecule has 0 aliphatic heterocycles. The summed E-state index contributed by atoms with van der Waals surface area (Å²) in [6.45, 7) is -0.0409. The van der Waals surface area contributed by atoms with Gasteiger partial charge >= 0.3 is 5.97 Å². The molecule has 102 valence electrons. The van der Waals surface area contributed by atoms with E-state index in [2.05, 4.69) is 30.3 Å². The Hall–Kier alpha value is -2.49. The highest BCUT2D eigenvalue weighted by Crippen LogP contribution is 2.23. The number of nitrogens with zero attached hydrogens (tertiary/aromatic N) is 7. The first-order valence-corrected chi connectivity index (χ1v) is 6.39. The Balaban J connectivity index is 1.83. The van der Waals surface area contributed by atoms with Gasteiger partial charge in [0.1, 0.15) is 11.6 Å². The first-order chi connectivity index (χ1) is 9.76. The van der Waals surface area contributed by atoms with Crippen LogP contribution in [0.1, 0.15) is 0 Å². The van der Waals surface area contributed by atoms with Crippen LogP contribution in [0.25, 0.3) is 5.65 Å². The van der Waals surface area contributed by atoms with E-state index in [1.54, 1.807) is 29.0 Å². The second-order valence-electron chi connectivity index (χ2n) is 3.70. The molecular weight excluding hydrogens is 282 g/mol. The highest BCUT2D eigenvalue weighted by Gasteiger charge is 2.13. The maximum Gasteiger partial charge on any atom is 0.327 e. The summed E-state index contributed by atoms with van der Waals surface area (Å²) >= 11 is 1.26. The average Bonchev–Trinajstić information content (AvgIpc) is 3.08. The normalized spacial score (nSPS) is 10.8. The van der Waals surface area contributed by atoms with Gasteiger partial charge in [0.25, 0.3) is 0 Å². The van der Waals surface area contributed by atoms with Gasteiger partial charge in [-0.15, -0.1) is 5.10 Å². The molecule has 0 amide bonds. The molecule has 0 aliphatic carbocycles. The van der Waals surface area contributed by atoms with Crippen molar-refractivity contribution in [3.8, 4) is 0 Å². The lowest BCUT2D eigenvalue weighted by Crippen LogP contribution is -2.13. The van der Waals surface area contributed by atoms with Crippen LogP contribution in [-0.2, 0) is 16.1 Å². The number of esters is 1. The van der Waals surface area contributed by atoms with Crippen LogP contribution in [0.15, 0.2) is 34.7 Å². The van der Waals surface area contributed by atoms with Crippen LogP contribution in [0.4, 0.5) is 0 Å². The number of tetrazole rings is 1. The number of carbonyl (C=O) groups is 1. The van der Waals surface area contributed by atoms with Crippen molar-refractivity contribution in [1.82, 2.24) is 34.8 Å². The second kappa shape index (κ2) is 5.25. The lowest BCUT2D eigenvalue weighted by molar-refractivity contribution is -0.141. The van der Waals surface area contributed by atoms with Crippen molar-refractivity contribution >= 4 is 23.4 Å². The smallest absolute Gasteiger partial charge is 0.327 e. The summed E-state index contributed by atoms with van der Waals surface area (Å²) in [6, 6.07) is 3.59. The van der Waals surface area contributed by atoms with Gasteiger partial charge in [-0.05, 0) is 28.3 Å². The lowest BCUT2D eigenvalue weighted by Gasteiger charge is -2.02. The Labute approximate surface area is 116 Å². The van der Waals surface area contributed by atoms with E-state index in [0.717, 1.165) is 5.65 Å². The SMILES string of the molecule is COC(=O)Cn1nnnc1Sc1ccn2nccc2n1. The summed E-state index contributed by atoms with van der Waals surface area (Å²) in [5.41, 5.74) is 0.724. The molecule has 9 nitrogen and oxygen atoms in total. The molecule has 0 N–H and O–H groups in total. The van der Waals surface area contributed by atoms with Gasteiger partial charge in [0, 0.05) is 12.3 Å². The molecule has 0 saturated carbocycles. The predicted octanol–water partition coefficient (Wildman–Crippen LogP) is 0.0400. The average molecular weight is 291 g/mol. The van der Waals surface area contributed by atoms with Gasteiger partial charge in [0.15, 0.2) is 5.65 Å². The number of hydrogen-bond acceptors (Lipinski definition) is 8. The Morgan fingerprint density at radius 2 is 2.35 bits per heavy atom. The minimum Gasteiger partial charge on any atom is -0.468 e. The summed E-state index contributed by atoms with van der Waals surface area (Å²) in [5, 5.41) is 16.4. The van der Waals surface area contributed by atoms with Crippen LogP contribution in [0.5, 0.6) is 0 Å². The molecule has 3 rings (SSSR count). The van der Waals surface area contributed by atoms with Crippen LogP contribution in [0.3, 0.4) is 0 Å². The minimum atomic E-state index is -0.418. The maximum atomic E-state index is 11.2. The van der Waals surface area contributed by atoms with Crippen molar-refractivity contribution in [2.75, 3.05) is 7.11 Å². The summed E-state index contributed by atoms with van der Waals surface area (Å²) in [4.78, 5) is 15.6. The number of hydrogen-bond donors (Lipinski definition) is 0. The molecule has 0 aliphatic rings. The van der Waals surface area contributed by atoms with Crippen LogP contribution in [-0.4, -0.2) is 47.9 Å². The summed E-state index contributed by atoms with van der Waals surface area (Å²) in [7, 11) is 1.31. The molecule has 0 bridgehead atoms. The molecule has 20 heavy (non-hydrogen) atoms. The predicted molar refractivity (Wildman–Crippen MR) is 66.9 cm³/mol. The van der Waals surface area contributed by atoms with Crippen molar-refractivity contribution in [2.45, 2.75) is 16.7 Å².